The molecule has 0 radical (unpaired) electrons. The first kappa shape index (κ1) is 11.8. The minimum absolute atomic E-state index is 0.100. The molecular weight excluding hydrogens is 241 g/mol. The third-order valence-electron chi connectivity index (χ3n) is 3.53. The van der Waals surface area contributed by atoms with Crippen molar-refractivity contribution >= 4 is 5.69 Å². The molecule has 0 aromatic heterocycles. The molecule has 1 aliphatic carbocycles. The molecule has 0 bridgehead atoms. The Kier molecular flexibility index (Phi) is 2.93. The average Bonchev–Trinajstić information content (AvgIpc) is 2.96. The van der Waals surface area contributed by atoms with Crippen molar-refractivity contribution in [2.45, 2.75) is 31.3 Å². The fourth-order valence-corrected chi connectivity index (χ4v) is 2.52. The summed E-state index contributed by atoms with van der Waals surface area (Å²) in [5.41, 5.74) is -0.100. The second kappa shape index (κ2) is 4.46. The van der Waals surface area contributed by atoms with E-state index in [4.69, 9.17) is 0 Å². The van der Waals surface area contributed by atoms with Crippen LogP contribution >= 0.6 is 0 Å². The molecule has 1 unspecified atom stereocenters. The summed E-state index contributed by atoms with van der Waals surface area (Å²) in [6.45, 7) is 1.18. The van der Waals surface area contributed by atoms with E-state index in [0.717, 1.165) is 18.6 Å². The maximum absolute atomic E-state index is 13.6. The molecule has 3 rings (SSSR count). The molecule has 1 saturated carbocycles. The Morgan fingerprint density at radius 1 is 1.00 bits per heavy atom. The number of anilines is 1. The maximum atomic E-state index is 13.6. The van der Waals surface area contributed by atoms with E-state index in [2.05, 4.69) is 5.32 Å². The standard InChI is InChI=1S/C13H15F3N2/c14-8-5-11(15)13(12(16)6-8)18-4-3-10(7-18)17-9-1-2-9/h5-6,9-10,17H,1-4,7H2. The summed E-state index contributed by atoms with van der Waals surface area (Å²) in [5.74, 6) is -2.51. The molecule has 2 fully saturated rings. The maximum Gasteiger partial charge on any atom is 0.152 e. The van der Waals surface area contributed by atoms with Gasteiger partial charge in [-0.2, -0.15) is 0 Å². The summed E-state index contributed by atoms with van der Waals surface area (Å²) >= 11 is 0. The molecular formula is C13H15F3N2. The first-order valence-corrected chi connectivity index (χ1v) is 6.29. The van der Waals surface area contributed by atoms with Crippen molar-refractivity contribution in [3.63, 3.8) is 0 Å². The van der Waals surface area contributed by atoms with E-state index in [9.17, 15) is 13.2 Å². The summed E-state index contributed by atoms with van der Waals surface area (Å²) in [6, 6.07) is 2.33. The number of rotatable bonds is 3. The van der Waals surface area contributed by atoms with E-state index >= 15 is 0 Å². The van der Waals surface area contributed by atoms with Crippen LogP contribution in [0.25, 0.3) is 0 Å². The third-order valence-corrected chi connectivity index (χ3v) is 3.53. The molecule has 0 amide bonds. The van der Waals surface area contributed by atoms with Crippen molar-refractivity contribution in [1.29, 1.82) is 0 Å². The summed E-state index contributed by atoms with van der Waals surface area (Å²) in [5, 5.41) is 3.44. The van der Waals surface area contributed by atoms with Gasteiger partial charge in [0.25, 0.3) is 0 Å². The molecule has 2 aliphatic rings. The van der Waals surface area contributed by atoms with Crippen LogP contribution in [-0.2, 0) is 0 Å². The van der Waals surface area contributed by atoms with E-state index in [1.54, 1.807) is 4.90 Å². The molecule has 1 atom stereocenters. The third kappa shape index (κ3) is 2.32. The summed E-state index contributed by atoms with van der Waals surface area (Å²) in [4.78, 5) is 1.66. The summed E-state index contributed by atoms with van der Waals surface area (Å²) < 4.78 is 40.1. The van der Waals surface area contributed by atoms with Gasteiger partial charge in [0, 0.05) is 37.3 Å². The predicted molar refractivity (Wildman–Crippen MR) is 63.1 cm³/mol. The number of nitrogens with zero attached hydrogens (tertiary/aromatic N) is 1. The highest BCUT2D eigenvalue weighted by Gasteiger charge is 2.31. The number of halogens is 3. The first-order valence-electron chi connectivity index (χ1n) is 6.29. The molecule has 98 valence electrons. The first-order chi connectivity index (χ1) is 8.63. The zero-order chi connectivity index (χ0) is 12.7. The topological polar surface area (TPSA) is 15.3 Å². The monoisotopic (exact) mass is 256 g/mol. The predicted octanol–water partition coefficient (Wildman–Crippen LogP) is 2.43. The zero-order valence-electron chi connectivity index (χ0n) is 9.93. The van der Waals surface area contributed by atoms with E-state index in [1.165, 1.54) is 12.8 Å². The summed E-state index contributed by atoms with van der Waals surface area (Å²) in [6.07, 6.45) is 3.25. The smallest absolute Gasteiger partial charge is 0.152 e. The van der Waals surface area contributed by atoms with Gasteiger partial charge in [0.2, 0.25) is 0 Å². The number of benzene rings is 1. The van der Waals surface area contributed by atoms with Gasteiger partial charge in [0.05, 0.1) is 0 Å². The van der Waals surface area contributed by atoms with Crippen molar-refractivity contribution in [3.05, 3.63) is 29.6 Å². The Balaban J connectivity index is 1.75. The lowest BCUT2D eigenvalue weighted by molar-refractivity contribution is 0.533. The molecule has 1 aromatic rings. The number of nitrogens with one attached hydrogen (secondary N) is 1. The van der Waals surface area contributed by atoms with Gasteiger partial charge in [-0.05, 0) is 19.3 Å². The SMILES string of the molecule is Fc1cc(F)c(N2CCC(NC3CC3)C2)c(F)c1. The lowest BCUT2D eigenvalue weighted by Crippen LogP contribution is -2.34. The van der Waals surface area contributed by atoms with Crippen LogP contribution in [0.5, 0.6) is 0 Å². The van der Waals surface area contributed by atoms with Crippen molar-refractivity contribution in [1.82, 2.24) is 5.32 Å². The second-order valence-electron chi connectivity index (χ2n) is 5.09. The van der Waals surface area contributed by atoms with E-state index in [1.807, 2.05) is 0 Å². The molecule has 0 spiro atoms. The highest BCUT2D eigenvalue weighted by atomic mass is 19.1. The summed E-state index contributed by atoms with van der Waals surface area (Å²) in [7, 11) is 0. The van der Waals surface area contributed by atoms with Crippen molar-refractivity contribution in [2.75, 3.05) is 18.0 Å². The fraction of sp³-hybridized carbons (Fsp3) is 0.538. The van der Waals surface area contributed by atoms with Crippen LogP contribution in [0.3, 0.4) is 0 Å². The number of hydrogen-bond donors (Lipinski definition) is 1. The Morgan fingerprint density at radius 2 is 1.67 bits per heavy atom. The Labute approximate surface area is 104 Å². The van der Waals surface area contributed by atoms with Crippen LogP contribution in [0.4, 0.5) is 18.9 Å². The van der Waals surface area contributed by atoms with Gasteiger partial charge < -0.3 is 10.2 Å². The van der Waals surface area contributed by atoms with Crippen LogP contribution in [0, 0.1) is 17.5 Å². The largest absolute Gasteiger partial charge is 0.365 e. The van der Waals surface area contributed by atoms with Crippen LogP contribution in [0.1, 0.15) is 19.3 Å². The van der Waals surface area contributed by atoms with Gasteiger partial charge >= 0.3 is 0 Å². The van der Waals surface area contributed by atoms with Gasteiger partial charge in [-0.15, -0.1) is 0 Å². The van der Waals surface area contributed by atoms with Crippen molar-refractivity contribution in [3.8, 4) is 0 Å². The van der Waals surface area contributed by atoms with E-state index in [-0.39, 0.29) is 11.7 Å². The van der Waals surface area contributed by atoms with Crippen LogP contribution < -0.4 is 10.2 Å². The van der Waals surface area contributed by atoms with Crippen LogP contribution in [0.15, 0.2) is 12.1 Å². The minimum atomic E-state index is -0.874. The van der Waals surface area contributed by atoms with Crippen molar-refractivity contribution < 1.29 is 13.2 Å². The fourth-order valence-electron chi connectivity index (χ4n) is 2.52. The van der Waals surface area contributed by atoms with Gasteiger partial charge in [0.15, 0.2) is 11.6 Å². The minimum Gasteiger partial charge on any atom is -0.365 e. The van der Waals surface area contributed by atoms with E-state index in [0.29, 0.717) is 19.1 Å². The molecule has 1 N–H and O–H groups in total. The highest BCUT2D eigenvalue weighted by molar-refractivity contribution is 5.50. The zero-order valence-corrected chi connectivity index (χ0v) is 9.93. The van der Waals surface area contributed by atoms with Gasteiger partial charge in [0.1, 0.15) is 11.5 Å². The van der Waals surface area contributed by atoms with Crippen LogP contribution in [0.2, 0.25) is 0 Å². The molecule has 2 nitrogen and oxygen atoms in total. The van der Waals surface area contributed by atoms with Crippen molar-refractivity contribution in [2.24, 2.45) is 0 Å². The Bertz CT molecular complexity index is 437. The highest BCUT2D eigenvalue weighted by Crippen LogP contribution is 2.29. The second-order valence-corrected chi connectivity index (χ2v) is 5.09. The Morgan fingerprint density at radius 3 is 2.28 bits per heavy atom. The number of hydrogen-bond acceptors (Lipinski definition) is 2. The van der Waals surface area contributed by atoms with Gasteiger partial charge in [-0.1, -0.05) is 0 Å². The van der Waals surface area contributed by atoms with E-state index < -0.39 is 17.5 Å². The average molecular weight is 256 g/mol. The lowest BCUT2D eigenvalue weighted by atomic mass is 10.2. The van der Waals surface area contributed by atoms with Gasteiger partial charge in [-0.25, -0.2) is 13.2 Å². The molecule has 5 heteroatoms. The van der Waals surface area contributed by atoms with Gasteiger partial charge in [-0.3, -0.25) is 0 Å². The molecule has 1 aromatic carbocycles. The molecule has 1 saturated heterocycles. The Hall–Kier alpha value is -1.23. The molecule has 1 heterocycles. The quantitative estimate of drug-likeness (QED) is 0.893. The van der Waals surface area contributed by atoms with Crippen LogP contribution in [-0.4, -0.2) is 25.2 Å². The normalized spacial score (nSPS) is 23.7. The molecule has 1 aliphatic heterocycles. The lowest BCUT2D eigenvalue weighted by Gasteiger charge is -2.20. The molecule has 18 heavy (non-hydrogen) atoms.